The van der Waals surface area contributed by atoms with E-state index < -0.39 is 0 Å². The molecule has 3 aromatic rings. The number of anilines is 1. The SMILES string of the molecule is CCCc1nn(C)c(-n2nnc(-c3ccccc3)n2)c1N. The molecule has 7 nitrogen and oxygen atoms in total. The summed E-state index contributed by atoms with van der Waals surface area (Å²) >= 11 is 0. The number of rotatable bonds is 4. The van der Waals surface area contributed by atoms with E-state index in [2.05, 4.69) is 27.4 Å². The van der Waals surface area contributed by atoms with Crippen LogP contribution in [0.15, 0.2) is 30.3 Å². The number of nitrogens with two attached hydrogens (primary N) is 1. The molecule has 0 aliphatic rings. The zero-order valence-corrected chi connectivity index (χ0v) is 12.1. The lowest BCUT2D eigenvalue weighted by Gasteiger charge is -1.99. The summed E-state index contributed by atoms with van der Waals surface area (Å²) in [6.07, 6.45) is 1.82. The maximum Gasteiger partial charge on any atom is 0.205 e. The van der Waals surface area contributed by atoms with E-state index in [-0.39, 0.29) is 0 Å². The van der Waals surface area contributed by atoms with E-state index in [0.717, 1.165) is 24.1 Å². The van der Waals surface area contributed by atoms with Crippen LogP contribution in [0.1, 0.15) is 19.0 Å². The highest BCUT2D eigenvalue weighted by atomic mass is 15.6. The topological polar surface area (TPSA) is 87.4 Å². The Balaban J connectivity index is 2.01. The molecule has 108 valence electrons. The van der Waals surface area contributed by atoms with Gasteiger partial charge < -0.3 is 5.73 Å². The van der Waals surface area contributed by atoms with Crippen LogP contribution >= 0.6 is 0 Å². The first-order valence-corrected chi connectivity index (χ1v) is 6.88. The van der Waals surface area contributed by atoms with Crippen LogP contribution in [-0.4, -0.2) is 30.0 Å². The summed E-state index contributed by atoms with van der Waals surface area (Å²) in [6, 6.07) is 9.71. The van der Waals surface area contributed by atoms with Gasteiger partial charge >= 0.3 is 0 Å². The largest absolute Gasteiger partial charge is 0.394 e. The lowest BCUT2D eigenvalue weighted by atomic mass is 10.2. The predicted molar refractivity (Wildman–Crippen MR) is 79.8 cm³/mol. The second kappa shape index (κ2) is 5.35. The second-order valence-corrected chi connectivity index (χ2v) is 4.83. The molecule has 0 saturated carbocycles. The standard InChI is InChI=1S/C14H17N7/c1-3-7-11-12(15)14(20(2)17-11)21-18-13(16-19-21)10-8-5-4-6-9-10/h4-6,8-9H,3,7,15H2,1-2H3. The van der Waals surface area contributed by atoms with Gasteiger partial charge in [-0.1, -0.05) is 43.7 Å². The fraction of sp³-hybridized carbons (Fsp3) is 0.286. The van der Waals surface area contributed by atoms with Crippen molar-refractivity contribution in [3.05, 3.63) is 36.0 Å². The summed E-state index contributed by atoms with van der Waals surface area (Å²) < 4.78 is 1.69. The fourth-order valence-electron chi connectivity index (χ4n) is 2.25. The van der Waals surface area contributed by atoms with Gasteiger partial charge in [-0.05, 0) is 11.6 Å². The minimum absolute atomic E-state index is 0.563. The molecule has 0 atom stereocenters. The third-order valence-electron chi connectivity index (χ3n) is 3.25. The number of hydrogen-bond acceptors (Lipinski definition) is 5. The van der Waals surface area contributed by atoms with Gasteiger partial charge in [0.1, 0.15) is 5.69 Å². The van der Waals surface area contributed by atoms with E-state index in [4.69, 9.17) is 5.73 Å². The average molecular weight is 283 g/mol. The highest BCUT2D eigenvalue weighted by Gasteiger charge is 2.17. The van der Waals surface area contributed by atoms with E-state index >= 15 is 0 Å². The normalized spacial score (nSPS) is 11.0. The Morgan fingerprint density at radius 1 is 1.14 bits per heavy atom. The minimum atomic E-state index is 0.563. The zero-order valence-electron chi connectivity index (χ0n) is 12.1. The van der Waals surface area contributed by atoms with Crippen molar-refractivity contribution >= 4 is 5.69 Å². The molecule has 2 aromatic heterocycles. The van der Waals surface area contributed by atoms with E-state index in [1.165, 1.54) is 4.80 Å². The molecule has 0 aliphatic heterocycles. The first-order chi connectivity index (χ1) is 10.2. The van der Waals surface area contributed by atoms with Crippen LogP contribution in [0.2, 0.25) is 0 Å². The Kier molecular flexibility index (Phi) is 3.39. The molecule has 0 saturated heterocycles. The lowest BCUT2D eigenvalue weighted by molar-refractivity contribution is 0.631. The van der Waals surface area contributed by atoms with E-state index in [0.29, 0.717) is 17.3 Å². The molecule has 0 spiro atoms. The number of nitrogens with zero attached hydrogens (tertiary/aromatic N) is 6. The molecule has 0 fully saturated rings. The smallest absolute Gasteiger partial charge is 0.205 e. The van der Waals surface area contributed by atoms with E-state index in [9.17, 15) is 0 Å². The maximum atomic E-state index is 6.16. The van der Waals surface area contributed by atoms with Crippen molar-refractivity contribution in [3.8, 4) is 17.2 Å². The van der Waals surface area contributed by atoms with Crippen LogP contribution in [0.3, 0.4) is 0 Å². The summed E-state index contributed by atoms with van der Waals surface area (Å²) in [4.78, 5) is 1.43. The Hall–Kier alpha value is -2.70. The molecule has 1 aromatic carbocycles. The number of aryl methyl sites for hydroxylation is 2. The van der Waals surface area contributed by atoms with Gasteiger partial charge in [0.25, 0.3) is 0 Å². The molecule has 0 aliphatic carbocycles. The van der Waals surface area contributed by atoms with Gasteiger partial charge in [-0.3, -0.25) is 0 Å². The third-order valence-corrected chi connectivity index (χ3v) is 3.25. The van der Waals surface area contributed by atoms with Crippen LogP contribution in [0.5, 0.6) is 0 Å². The van der Waals surface area contributed by atoms with Crippen LogP contribution in [-0.2, 0) is 13.5 Å². The van der Waals surface area contributed by atoms with Gasteiger partial charge in [0, 0.05) is 12.6 Å². The van der Waals surface area contributed by atoms with Crippen molar-refractivity contribution in [1.29, 1.82) is 0 Å². The van der Waals surface area contributed by atoms with Crippen molar-refractivity contribution in [2.45, 2.75) is 19.8 Å². The van der Waals surface area contributed by atoms with Crippen molar-refractivity contribution in [1.82, 2.24) is 30.0 Å². The van der Waals surface area contributed by atoms with Gasteiger partial charge in [0.2, 0.25) is 5.82 Å². The second-order valence-electron chi connectivity index (χ2n) is 4.83. The molecule has 2 N–H and O–H groups in total. The summed E-state index contributed by atoms with van der Waals surface area (Å²) in [5, 5.41) is 17.0. The Bertz CT molecular complexity index is 742. The average Bonchev–Trinajstić information content (AvgIpc) is 3.06. The van der Waals surface area contributed by atoms with Crippen LogP contribution < -0.4 is 5.73 Å². The van der Waals surface area contributed by atoms with Gasteiger partial charge in [0.05, 0.1) is 5.69 Å². The minimum Gasteiger partial charge on any atom is -0.394 e. The van der Waals surface area contributed by atoms with Gasteiger partial charge in [-0.25, -0.2) is 4.68 Å². The Morgan fingerprint density at radius 3 is 2.62 bits per heavy atom. The summed E-state index contributed by atoms with van der Waals surface area (Å²) in [5.41, 5.74) is 8.55. The zero-order chi connectivity index (χ0) is 14.8. The third kappa shape index (κ3) is 2.37. The molecule has 2 heterocycles. The predicted octanol–water partition coefficient (Wildman–Crippen LogP) is 1.60. The first-order valence-electron chi connectivity index (χ1n) is 6.88. The van der Waals surface area contributed by atoms with Gasteiger partial charge in [-0.15, -0.1) is 15.0 Å². The van der Waals surface area contributed by atoms with Crippen molar-refractivity contribution in [2.75, 3.05) is 5.73 Å². The van der Waals surface area contributed by atoms with Gasteiger partial charge in [-0.2, -0.15) is 5.10 Å². The fourth-order valence-corrected chi connectivity index (χ4v) is 2.25. The Labute approximate surface area is 122 Å². The van der Waals surface area contributed by atoms with Crippen LogP contribution in [0.25, 0.3) is 17.2 Å². The monoisotopic (exact) mass is 283 g/mol. The first kappa shape index (κ1) is 13.3. The van der Waals surface area contributed by atoms with Crippen molar-refractivity contribution in [3.63, 3.8) is 0 Å². The maximum absolute atomic E-state index is 6.16. The van der Waals surface area contributed by atoms with E-state index in [1.54, 1.807) is 4.68 Å². The molecule has 0 amide bonds. The summed E-state index contributed by atoms with van der Waals surface area (Å²) in [7, 11) is 1.83. The lowest BCUT2D eigenvalue weighted by Crippen LogP contribution is -2.08. The van der Waals surface area contributed by atoms with E-state index in [1.807, 2.05) is 37.4 Å². The Morgan fingerprint density at radius 2 is 1.90 bits per heavy atom. The number of tetrazole rings is 1. The highest BCUT2D eigenvalue weighted by Crippen LogP contribution is 2.21. The number of aromatic nitrogens is 6. The number of nitrogen functional groups attached to an aromatic ring is 1. The highest BCUT2D eigenvalue weighted by molar-refractivity contribution is 5.58. The quantitative estimate of drug-likeness (QED) is 0.785. The molecule has 3 rings (SSSR count). The van der Waals surface area contributed by atoms with Gasteiger partial charge in [0.15, 0.2) is 5.82 Å². The molecular weight excluding hydrogens is 266 g/mol. The molecular formula is C14H17N7. The van der Waals surface area contributed by atoms with Crippen molar-refractivity contribution in [2.24, 2.45) is 7.05 Å². The van der Waals surface area contributed by atoms with Crippen LogP contribution in [0, 0.1) is 0 Å². The molecule has 0 bridgehead atoms. The van der Waals surface area contributed by atoms with Crippen LogP contribution in [0.4, 0.5) is 5.69 Å². The number of benzene rings is 1. The summed E-state index contributed by atoms with van der Waals surface area (Å²) in [5.74, 6) is 1.21. The summed E-state index contributed by atoms with van der Waals surface area (Å²) in [6.45, 7) is 2.09. The molecule has 21 heavy (non-hydrogen) atoms. The van der Waals surface area contributed by atoms with Crippen molar-refractivity contribution < 1.29 is 0 Å². The molecule has 0 unspecified atom stereocenters. The molecule has 7 heteroatoms. The number of hydrogen-bond donors (Lipinski definition) is 1. The molecule has 0 radical (unpaired) electrons.